The highest BCUT2D eigenvalue weighted by atomic mass is 32.1. The second kappa shape index (κ2) is 6.32. The minimum Gasteiger partial charge on any atom is -0.395 e. The highest BCUT2D eigenvalue weighted by molar-refractivity contribution is 7.10. The molecule has 0 aliphatic carbocycles. The van der Waals surface area contributed by atoms with Gasteiger partial charge in [0, 0.05) is 28.6 Å². The van der Waals surface area contributed by atoms with E-state index in [-0.39, 0.29) is 12.2 Å². The van der Waals surface area contributed by atoms with Crippen LogP contribution in [0.1, 0.15) is 22.6 Å². The molecule has 0 atom stereocenters. The van der Waals surface area contributed by atoms with Crippen molar-refractivity contribution in [1.82, 2.24) is 9.55 Å². The van der Waals surface area contributed by atoms with Gasteiger partial charge in [0.15, 0.2) is 0 Å². The first-order chi connectivity index (χ1) is 9.20. The molecule has 0 amide bonds. The van der Waals surface area contributed by atoms with E-state index < -0.39 is 0 Å². The summed E-state index contributed by atoms with van der Waals surface area (Å²) in [6, 6.07) is 3.45. The van der Waals surface area contributed by atoms with Gasteiger partial charge in [-0.15, -0.1) is 11.3 Å². The molecular weight excluding hydrogens is 260 g/mol. The number of hydrogen-bond donors (Lipinski definition) is 1. The summed E-state index contributed by atoms with van der Waals surface area (Å²) in [6.07, 6.45) is 2.02. The number of aromatic nitrogens is 2. The van der Waals surface area contributed by atoms with Gasteiger partial charge in [0.25, 0.3) is 5.56 Å². The fourth-order valence-corrected chi connectivity index (χ4v) is 2.41. The molecule has 0 aliphatic heterocycles. The molecule has 2 aromatic rings. The molecule has 19 heavy (non-hydrogen) atoms. The predicted octanol–water partition coefficient (Wildman–Crippen LogP) is 1.40. The summed E-state index contributed by atoms with van der Waals surface area (Å²) >= 11 is 1.56. The Hall–Kier alpha value is -1.90. The Morgan fingerprint density at radius 3 is 3.11 bits per heavy atom. The molecule has 0 saturated carbocycles. The van der Waals surface area contributed by atoms with Gasteiger partial charge in [-0.3, -0.25) is 9.36 Å². The van der Waals surface area contributed by atoms with Crippen molar-refractivity contribution in [1.29, 1.82) is 0 Å². The Balaban J connectivity index is 2.23. The van der Waals surface area contributed by atoms with Crippen molar-refractivity contribution in [2.75, 3.05) is 6.61 Å². The molecular formula is C14H14N2O2S. The van der Waals surface area contributed by atoms with Crippen LogP contribution in [0, 0.1) is 18.8 Å². The van der Waals surface area contributed by atoms with Crippen molar-refractivity contribution in [2.45, 2.75) is 19.9 Å². The number of thiophene rings is 1. The average Bonchev–Trinajstić information content (AvgIpc) is 2.81. The van der Waals surface area contributed by atoms with Gasteiger partial charge >= 0.3 is 0 Å². The highest BCUT2D eigenvalue weighted by Crippen LogP contribution is 2.16. The van der Waals surface area contributed by atoms with E-state index in [9.17, 15) is 4.79 Å². The number of rotatable bonds is 3. The van der Waals surface area contributed by atoms with Gasteiger partial charge in [-0.1, -0.05) is 11.8 Å². The Labute approximate surface area is 115 Å². The van der Waals surface area contributed by atoms with Gasteiger partial charge in [0.05, 0.1) is 19.5 Å². The van der Waals surface area contributed by atoms with E-state index in [1.54, 1.807) is 29.2 Å². The molecule has 98 valence electrons. The predicted molar refractivity (Wildman–Crippen MR) is 75.2 cm³/mol. The lowest BCUT2D eigenvalue weighted by molar-refractivity contribution is 0.305. The smallest absolute Gasteiger partial charge is 0.253 e. The molecule has 0 saturated heterocycles. The third-order valence-corrected chi connectivity index (χ3v) is 3.44. The van der Waals surface area contributed by atoms with E-state index in [2.05, 4.69) is 16.8 Å². The maximum atomic E-state index is 11.8. The van der Waals surface area contributed by atoms with Crippen molar-refractivity contribution in [2.24, 2.45) is 0 Å². The van der Waals surface area contributed by atoms with Crippen LogP contribution in [0.25, 0.3) is 0 Å². The minimum atomic E-state index is -0.0600. The first-order valence-electron chi connectivity index (χ1n) is 5.90. The SMILES string of the molecule is Cc1cc(=O)n(Cc2sccc2C#CCCO)cn1. The molecule has 2 rings (SSSR count). The van der Waals surface area contributed by atoms with Crippen molar-refractivity contribution in [3.63, 3.8) is 0 Å². The first kappa shape index (κ1) is 13.5. The molecule has 2 aromatic heterocycles. The normalized spacial score (nSPS) is 10.0. The second-order valence-corrected chi connectivity index (χ2v) is 5.03. The average molecular weight is 274 g/mol. The van der Waals surface area contributed by atoms with Gasteiger partial charge in [-0.2, -0.15) is 0 Å². The van der Waals surface area contributed by atoms with Crippen molar-refractivity contribution in [3.8, 4) is 11.8 Å². The lowest BCUT2D eigenvalue weighted by Crippen LogP contribution is -2.20. The van der Waals surface area contributed by atoms with E-state index in [0.29, 0.717) is 13.0 Å². The molecule has 0 aromatic carbocycles. The van der Waals surface area contributed by atoms with Crippen LogP contribution in [0.5, 0.6) is 0 Å². The van der Waals surface area contributed by atoms with Crippen LogP contribution in [0.2, 0.25) is 0 Å². The fraction of sp³-hybridized carbons (Fsp3) is 0.286. The Bertz CT molecular complexity index is 676. The molecule has 4 nitrogen and oxygen atoms in total. The van der Waals surface area contributed by atoms with Crippen molar-refractivity contribution < 1.29 is 5.11 Å². The molecule has 2 heterocycles. The third kappa shape index (κ3) is 3.53. The molecule has 5 heteroatoms. The van der Waals surface area contributed by atoms with Crippen molar-refractivity contribution >= 4 is 11.3 Å². The molecule has 0 bridgehead atoms. The molecule has 0 unspecified atom stereocenters. The van der Waals surface area contributed by atoms with Crippen LogP contribution in [-0.2, 0) is 6.54 Å². The number of aryl methyl sites for hydroxylation is 1. The minimum absolute atomic E-state index is 0.0600. The molecule has 0 aliphatic rings. The lowest BCUT2D eigenvalue weighted by atomic mass is 10.2. The summed E-state index contributed by atoms with van der Waals surface area (Å²) < 4.78 is 1.57. The van der Waals surface area contributed by atoms with Gasteiger partial charge in [0.2, 0.25) is 0 Å². The van der Waals surface area contributed by atoms with Crippen LogP contribution in [-0.4, -0.2) is 21.3 Å². The summed E-state index contributed by atoms with van der Waals surface area (Å²) in [6.45, 7) is 2.34. The van der Waals surface area contributed by atoms with Gasteiger partial charge in [-0.25, -0.2) is 4.98 Å². The van der Waals surface area contributed by atoms with Crippen LogP contribution >= 0.6 is 11.3 Å². The Morgan fingerprint density at radius 1 is 1.53 bits per heavy atom. The standard InChI is InChI=1S/C14H14N2O2S/c1-11-8-14(18)16(10-15-11)9-13-12(5-7-19-13)4-2-3-6-17/h5,7-8,10,17H,3,6,9H2,1H3. The zero-order valence-electron chi connectivity index (χ0n) is 10.6. The highest BCUT2D eigenvalue weighted by Gasteiger charge is 2.04. The molecule has 0 fully saturated rings. The summed E-state index contributed by atoms with van der Waals surface area (Å²) in [4.78, 5) is 16.9. The number of aliphatic hydroxyl groups excluding tert-OH is 1. The van der Waals surface area contributed by atoms with E-state index in [1.807, 2.05) is 11.4 Å². The second-order valence-electron chi connectivity index (χ2n) is 4.03. The van der Waals surface area contributed by atoms with Crippen LogP contribution in [0.4, 0.5) is 0 Å². The van der Waals surface area contributed by atoms with Crippen LogP contribution < -0.4 is 5.56 Å². The third-order valence-electron chi connectivity index (χ3n) is 2.54. The first-order valence-corrected chi connectivity index (χ1v) is 6.78. The van der Waals surface area contributed by atoms with E-state index >= 15 is 0 Å². The summed E-state index contributed by atoms with van der Waals surface area (Å²) in [5.74, 6) is 5.90. The number of aliphatic hydroxyl groups is 1. The van der Waals surface area contributed by atoms with Gasteiger partial charge in [0.1, 0.15) is 0 Å². The Kier molecular flexibility index (Phi) is 4.50. The number of nitrogens with zero attached hydrogens (tertiary/aromatic N) is 2. The quantitative estimate of drug-likeness (QED) is 0.861. The zero-order valence-corrected chi connectivity index (χ0v) is 11.4. The maximum absolute atomic E-state index is 11.8. The van der Waals surface area contributed by atoms with Crippen LogP contribution in [0.3, 0.4) is 0 Å². The maximum Gasteiger partial charge on any atom is 0.253 e. The zero-order chi connectivity index (χ0) is 13.7. The van der Waals surface area contributed by atoms with Crippen molar-refractivity contribution in [3.05, 3.63) is 50.3 Å². The van der Waals surface area contributed by atoms with Gasteiger partial charge in [-0.05, 0) is 18.4 Å². The molecule has 0 spiro atoms. The largest absolute Gasteiger partial charge is 0.395 e. The summed E-state index contributed by atoms with van der Waals surface area (Å²) in [7, 11) is 0. The monoisotopic (exact) mass is 274 g/mol. The van der Waals surface area contributed by atoms with Crippen LogP contribution in [0.15, 0.2) is 28.6 Å². The summed E-state index contributed by atoms with van der Waals surface area (Å²) in [5, 5.41) is 10.7. The Morgan fingerprint density at radius 2 is 2.37 bits per heavy atom. The number of hydrogen-bond acceptors (Lipinski definition) is 4. The lowest BCUT2D eigenvalue weighted by Gasteiger charge is -2.03. The topological polar surface area (TPSA) is 55.1 Å². The molecule has 1 N–H and O–H groups in total. The van der Waals surface area contributed by atoms with E-state index in [0.717, 1.165) is 16.1 Å². The van der Waals surface area contributed by atoms with E-state index in [1.165, 1.54) is 6.07 Å². The van der Waals surface area contributed by atoms with E-state index in [4.69, 9.17) is 5.11 Å². The summed E-state index contributed by atoms with van der Waals surface area (Å²) in [5.41, 5.74) is 1.57. The molecule has 0 radical (unpaired) electrons. The fourth-order valence-electron chi connectivity index (χ4n) is 1.58. The van der Waals surface area contributed by atoms with Gasteiger partial charge < -0.3 is 5.11 Å².